The van der Waals surface area contributed by atoms with E-state index in [0.29, 0.717) is 37.8 Å². The molecule has 1 amide bonds. The molecule has 10 heteroatoms. The van der Waals surface area contributed by atoms with Crippen LogP contribution in [0, 0.1) is 5.82 Å². The predicted molar refractivity (Wildman–Crippen MR) is 98.5 cm³/mol. The number of benzene rings is 1. The highest BCUT2D eigenvalue weighted by molar-refractivity contribution is 5.75. The van der Waals surface area contributed by atoms with Crippen molar-refractivity contribution in [2.45, 2.75) is 13.1 Å². The summed E-state index contributed by atoms with van der Waals surface area (Å²) in [6.07, 6.45) is 3.07. The number of aromatic nitrogens is 4. The maximum Gasteiger partial charge on any atom is 0.350 e. The molecule has 9 nitrogen and oxygen atoms in total. The van der Waals surface area contributed by atoms with Gasteiger partial charge in [-0.15, -0.1) is 5.10 Å². The van der Waals surface area contributed by atoms with E-state index >= 15 is 0 Å². The van der Waals surface area contributed by atoms with Gasteiger partial charge in [-0.2, -0.15) is 0 Å². The summed E-state index contributed by atoms with van der Waals surface area (Å²) in [6.45, 7) is 2.50. The third-order valence-electron chi connectivity index (χ3n) is 4.49. The van der Waals surface area contributed by atoms with Gasteiger partial charge >= 0.3 is 5.69 Å². The van der Waals surface area contributed by atoms with Gasteiger partial charge in [-0.3, -0.25) is 4.79 Å². The molecule has 28 heavy (non-hydrogen) atoms. The number of amides is 1. The number of anilines is 1. The van der Waals surface area contributed by atoms with Crippen molar-refractivity contribution in [3.63, 3.8) is 0 Å². The monoisotopic (exact) mass is 386 g/mol. The summed E-state index contributed by atoms with van der Waals surface area (Å²) >= 11 is 0. The smallest absolute Gasteiger partial charge is 0.350 e. The van der Waals surface area contributed by atoms with Gasteiger partial charge in [-0.05, 0) is 17.7 Å². The van der Waals surface area contributed by atoms with Crippen molar-refractivity contribution in [2.75, 3.05) is 31.2 Å². The normalized spacial score (nSPS) is 14.4. The minimum atomic E-state index is -0.413. The Morgan fingerprint density at radius 2 is 1.96 bits per heavy atom. The standard InChI is InChI=1S/C18H19FN6O3/c19-14-3-1-13(2-4-14)11-21-15(26)12-25-18(27)24-6-5-20-16(17(24)22-25)23-7-9-28-10-8-23/h1-6H,7-12H2,(H,21,26). The van der Waals surface area contributed by atoms with Gasteiger partial charge in [0.2, 0.25) is 11.6 Å². The minimum absolute atomic E-state index is 0.218. The molecule has 3 aromatic rings. The lowest BCUT2D eigenvalue weighted by Crippen LogP contribution is -2.37. The second-order valence-corrected chi connectivity index (χ2v) is 6.39. The van der Waals surface area contributed by atoms with Crippen LogP contribution >= 0.6 is 0 Å². The van der Waals surface area contributed by atoms with Crippen molar-refractivity contribution in [2.24, 2.45) is 0 Å². The van der Waals surface area contributed by atoms with Gasteiger partial charge in [0, 0.05) is 32.0 Å². The van der Waals surface area contributed by atoms with Gasteiger partial charge in [0.15, 0.2) is 5.82 Å². The third-order valence-corrected chi connectivity index (χ3v) is 4.49. The Balaban J connectivity index is 1.50. The fourth-order valence-corrected chi connectivity index (χ4v) is 3.03. The highest BCUT2D eigenvalue weighted by Gasteiger charge is 2.19. The summed E-state index contributed by atoms with van der Waals surface area (Å²) in [7, 11) is 0. The van der Waals surface area contributed by atoms with Crippen LogP contribution in [-0.2, 0) is 22.6 Å². The Kier molecular flexibility index (Phi) is 5.02. The van der Waals surface area contributed by atoms with Crippen molar-refractivity contribution in [1.29, 1.82) is 0 Å². The van der Waals surface area contributed by atoms with Crippen LogP contribution < -0.4 is 15.9 Å². The number of fused-ring (bicyclic) bond motifs is 1. The van der Waals surface area contributed by atoms with Crippen LogP contribution in [0.4, 0.5) is 10.2 Å². The molecule has 0 atom stereocenters. The molecule has 1 fully saturated rings. The zero-order chi connectivity index (χ0) is 19.5. The second-order valence-electron chi connectivity index (χ2n) is 6.39. The fraction of sp³-hybridized carbons (Fsp3) is 0.333. The van der Waals surface area contributed by atoms with Crippen molar-refractivity contribution in [3.8, 4) is 0 Å². The van der Waals surface area contributed by atoms with Crippen molar-refractivity contribution in [3.05, 3.63) is 58.5 Å². The van der Waals surface area contributed by atoms with Gasteiger partial charge in [0.05, 0.1) is 13.2 Å². The largest absolute Gasteiger partial charge is 0.378 e. The van der Waals surface area contributed by atoms with E-state index in [4.69, 9.17) is 4.74 Å². The third kappa shape index (κ3) is 3.72. The predicted octanol–water partition coefficient (Wildman–Crippen LogP) is 0.183. The number of carbonyl (C=O) groups is 1. The number of rotatable bonds is 5. The Hall–Kier alpha value is -3.27. The molecule has 0 bridgehead atoms. The maximum atomic E-state index is 12.9. The SMILES string of the molecule is O=C(Cn1nc2c(N3CCOCC3)nccn2c1=O)NCc1ccc(F)cc1. The van der Waals surface area contributed by atoms with Crippen molar-refractivity contribution < 1.29 is 13.9 Å². The molecular weight excluding hydrogens is 367 g/mol. The van der Waals surface area contributed by atoms with Gasteiger partial charge in [-0.25, -0.2) is 23.3 Å². The quantitative estimate of drug-likeness (QED) is 0.673. The van der Waals surface area contributed by atoms with E-state index in [-0.39, 0.29) is 24.8 Å². The number of morpholine rings is 1. The van der Waals surface area contributed by atoms with Crippen molar-refractivity contribution >= 4 is 17.4 Å². The molecule has 1 aliphatic rings. The van der Waals surface area contributed by atoms with Crippen molar-refractivity contribution in [1.82, 2.24) is 24.5 Å². The Labute approximate surface area is 159 Å². The minimum Gasteiger partial charge on any atom is -0.378 e. The second kappa shape index (κ2) is 7.77. The van der Waals surface area contributed by atoms with Crippen LogP contribution in [0.5, 0.6) is 0 Å². The highest BCUT2D eigenvalue weighted by atomic mass is 19.1. The van der Waals surface area contributed by atoms with Crippen LogP contribution in [0.2, 0.25) is 0 Å². The molecule has 0 saturated carbocycles. The molecule has 0 aliphatic carbocycles. The zero-order valence-electron chi connectivity index (χ0n) is 15.0. The van der Waals surface area contributed by atoms with Crippen LogP contribution in [-0.4, -0.2) is 51.4 Å². The molecule has 0 unspecified atom stereocenters. The van der Waals surface area contributed by atoms with E-state index in [2.05, 4.69) is 15.4 Å². The lowest BCUT2D eigenvalue weighted by Gasteiger charge is -2.27. The zero-order valence-corrected chi connectivity index (χ0v) is 15.0. The number of ether oxygens (including phenoxy) is 1. The van der Waals surface area contributed by atoms with E-state index < -0.39 is 5.69 Å². The fourth-order valence-electron chi connectivity index (χ4n) is 3.03. The molecule has 1 aromatic carbocycles. The van der Waals surface area contributed by atoms with Gasteiger partial charge in [0.1, 0.15) is 12.4 Å². The lowest BCUT2D eigenvalue weighted by atomic mass is 10.2. The molecule has 0 spiro atoms. The number of halogens is 1. The molecule has 1 N–H and O–H groups in total. The average Bonchev–Trinajstić information content (AvgIpc) is 3.04. The first-order valence-corrected chi connectivity index (χ1v) is 8.90. The Bertz CT molecular complexity index is 1040. The molecule has 146 valence electrons. The molecule has 3 heterocycles. The van der Waals surface area contributed by atoms with E-state index in [1.54, 1.807) is 18.3 Å². The summed E-state index contributed by atoms with van der Waals surface area (Å²) in [5.41, 5.74) is 0.750. The Morgan fingerprint density at radius 1 is 1.21 bits per heavy atom. The van der Waals surface area contributed by atoms with Crippen LogP contribution in [0.25, 0.3) is 5.65 Å². The lowest BCUT2D eigenvalue weighted by molar-refractivity contribution is -0.122. The molecule has 0 radical (unpaired) electrons. The topological polar surface area (TPSA) is 93.8 Å². The van der Waals surface area contributed by atoms with E-state index in [1.165, 1.54) is 22.7 Å². The summed E-state index contributed by atoms with van der Waals surface area (Å²) < 4.78 is 20.8. The van der Waals surface area contributed by atoms with E-state index in [9.17, 15) is 14.0 Å². The molecule has 4 rings (SSSR count). The summed E-state index contributed by atoms with van der Waals surface area (Å²) in [6, 6.07) is 5.84. The Morgan fingerprint density at radius 3 is 2.71 bits per heavy atom. The first-order valence-electron chi connectivity index (χ1n) is 8.90. The maximum absolute atomic E-state index is 12.9. The number of nitrogens with one attached hydrogen (secondary N) is 1. The molecule has 2 aromatic heterocycles. The molecule has 1 aliphatic heterocycles. The number of carbonyl (C=O) groups excluding carboxylic acids is 1. The first kappa shape index (κ1) is 18.1. The van der Waals surface area contributed by atoms with Crippen LogP contribution in [0.1, 0.15) is 5.56 Å². The highest BCUT2D eigenvalue weighted by Crippen LogP contribution is 2.16. The summed E-state index contributed by atoms with van der Waals surface area (Å²) in [4.78, 5) is 31.2. The molecule has 1 saturated heterocycles. The average molecular weight is 386 g/mol. The van der Waals surface area contributed by atoms with Crippen LogP contribution in [0.3, 0.4) is 0 Å². The van der Waals surface area contributed by atoms with Gasteiger partial charge in [-0.1, -0.05) is 12.1 Å². The van der Waals surface area contributed by atoms with Crippen LogP contribution in [0.15, 0.2) is 41.5 Å². The number of hydrogen-bond donors (Lipinski definition) is 1. The first-order chi connectivity index (χ1) is 13.6. The summed E-state index contributed by atoms with van der Waals surface area (Å²) in [5.74, 6) is -0.111. The molecular formula is C18H19FN6O3. The van der Waals surface area contributed by atoms with E-state index in [0.717, 1.165) is 10.2 Å². The number of nitrogens with zero attached hydrogens (tertiary/aromatic N) is 5. The number of hydrogen-bond acceptors (Lipinski definition) is 6. The summed E-state index contributed by atoms with van der Waals surface area (Å²) in [5, 5.41) is 7.01. The van der Waals surface area contributed by atoms with E-state index in [1.807, 2.05) is 4.90 Å². The van der Waals surface area contributed by atoms with Gasteiger partial charge < -0.3 is 15.0 Å². The van der Waals surface area contributed by atoms with Gasteiger partial charge in [0.25, 0.3) is 0 Å².